The second kappa shape index (κ2) is 7.04. The van der Waals surface area contributed by atoms with Crippen LogP contribution in [0.2, 0.25) is 0 Å². The molecular formula is C18H19N5O. The van der Waals surface area contributed by atoms with Crippen LogP contribution in [0.4, 0.5) is 5.82 Å². The Kier molecular flexibility index (Phi) is 4.65. The van der Waals surface area contributed by atoms with Gasteiger partial charge in [-0.25, -0.2) is 9.97 Å². The summed E-state index contributed by atoms with van der Waals surface area (Å²) in [5.41, 5.74) is 2.47. The van der Waals surface area contributed by atoms with Gasteiger partial charge in [0.25, 0.3) is 5.91 Å². The number of rotatable bonds is 5. The average Bonchev–Trinajstić information content (AvgIpc) is 2.97. The van der Waals surface area contributed by atoms with Crippen LogP contribution in [-0.2, 0) is 13.0 Å². The summed E-state index contributed by atoms with van der Waals surface area (Å²) in [6.45, 7) is 4.46. The van der Waals surface area contributed by atoms with Crippen LogP contribution in [0.25, 0.3) is 0 Å². The Morgan fingerprint density at radius 1 is 1.21 bits per heavy atom. The van der Waals surface area contributed by atoms with Crippen molar-refractivity contribution < 1.29 is 4.79 Å². The molecule has 0 aliphatic heterocycles. The zero-order valence-corrected chi connectivity index (χ0v) is 13.7. The van der Waals surface area contributed by atoms with Crippen LogP contribution in [-0.4, -0.2) is 25.7 Å². The fourth-order valence-corrected chi connectivity index (χ4v) is 2.48. The van der Waals surface area contributed by atoms with E-state index in [0.717, 1.165) is 11.3 Å². The molecule has 0 aliphatic rings. The summed E-state index contributed by atoms with van der Waals surface area (Å²) >= 11 is 0. The quantitative estimate of drug-likeness (QED) is 0.784. The van der Waals surface area contributed by atoms with Crippen molar-refractivity contribution in [2.45, 2.75) is 26.8 Å². The van der Waals surface area contributed by atoms with Gasteiger partial charge in [0.15, 0.2) is 0 Å². The second-order valence-corrected chi connectivity index (χ2v) is 5.46. The Labute approximate surface area is 140 Å². The van der Waals surface area contributed by atoms with E-state index in [0.29, 0.717) is 30.3 Å². The van der Waals surface area contributed by atoms with Crippen LogP contribution >= 0.6 is 0 Å². The van der Waals surface area contributed by atoms with Crippen LogP contribution in [0.3, 0.4) is 0 Å². The molecule has 0 saturated carbocycles. The summed E-state index contributed by atoms with van der Waals surface area (Å²) in [5.74, 6) is 0.934. The van der Waals surface area contributed by atoms with Crippen molar-refractivity contribution in [2.24, 2.45) is 0 Å². The lowest BCUT2D eigenvalue weighted by Gasteiger charge is -2.07. The number of aromatic nitrogens is 4. The van der Waals surface area contributed by atoms with Crippen LogP contribution < -0.4 is 5.32 Å². The third-order valence-electron chi connectivity index (χ3n) is 3.59. The third-order valence-corrected chi connectivity index (χ3v) is 3.59. The van der Waals surface area contributed by atoms with E-state index >= 15 is 0 Å². The molecule has 1 amide bonds. The van der Waals surface area contributed by atoms with Gasteiger partial charge >= 0.3 is 0 Å². The first kappa shape index (κ1) is 15.9. The van der Waals surface area contributed by atoms with E-state index < -0.39 is 0 Å². The monoisotopic (exact) mass is 321 g/mol. The number of hydrogen-bond donors (Lipinski definition) is 1. The minimum absolute atomic E-state index is 0.221. The molecular weight excluding hydrogens is 302 g/mol. The van der Waals surface area contributed by atoms with E-state index in [1.165, 1.54) is 0 Å². The van der Waals surface area contributed by atoms with E-state index in [1.54, 1.807) is 23.0 Å². The molecule has 0 unspecified atom stereocenters. The number of amides is 1. The van der Waals surface area contributed by atoms with Gasteiger partial charge in [-0.05, 0) is 31.5 Å². The molecule has 0 fully saturated rings. The zero-order valence-electron chi connectivity index (χ0n) is 13.7. The highest BCUT2D eigenvalue weighted by molar-refractivity contribution is 6.02. The molecule has 1 aromatic carbocycles. The van der Waals surface area contributed by atoms with Gasteiger partial charge in [-0.3, -0.25) is 9.48 Å². The third kappa shape index (κ3) is 3.65. The topological polar surface area (TPSA) is 72.7 Å². The molecule has 122 valence electrons. The first-order valence-corrected chi connectivity index (χ1v) is 7.87. The number of aryl methyl sites for hydroxylation is 2. The molecule has 1 N–H and O–H groups in total. The zero-order chi connectivity index (χ0) is 16.9. The van der Waals surface area contributed by atoms with Crippen LogP contribution in [0.1, 0.15) is 34.5 Å². The summed E-state index contributed by atoms with van der Waals surface area (Å²) in [6, 6.07) is 13.4. The molecule has 2 heterocycles. The van der Waals surface area contributed by atoms with E-state index in [9.17, 15) is 4.79 Å². The van der Waals surface area contributed by atoms with Crippen molar-refractivity contribution in [1.29, 1.82) is 0 Å². The highest BCUT2D eigenvalue weighted by Crippen LogP contribution is 2.10. The summed E-state index contributed by atoms with van der Waals surface area (Å²) in [5, 5.41) is 7.11. The maximum atomic E-state index is 12.4. The highest BCUT2D eigenvalue weighted by atomic mass is 16.2. The van der Waals surface area contributed by atoms with E-state index in [4.69, 9.17) is 0 Å². The number of carbonyl (C=O) groups is 1. The van der Waals surface area contributed by atoms with Crippen molar-refractivity contribution in [3.63, 3.8) is 0 Å². The fourth-order valence-electron chi connectivity index (χ4n) is 2.48. The summed E-state index contributed by atoms with van der Waals surface area (Å²) in [6.07, 6.45) is 2.28. The molecule has 2 aromatic heterocycles. The van der Waals surface area contributed by atoms with E-state index in [2.05, 4.69) is 20.4 Å². The Bertz CT molecular complexity index is 842. The number of nitrogens with one attached hydrogen (secondary N) is 1. The molecule has 3 rings (SSSR count). The van der Waals surface area contributed by atoms with Gasteiger partial charge < -0.3 is 5.32 Å². The molecule has 0 saturated heterocycles. The molecule has 3 aromatic rings. The number of benzene rings is 1. The molecule has 24 heavy (non-hydrogen) atoms. The van der Waals surface area contributed by atoms with Crippen LogP contribution in [0, 0.1) is 6.92 Å². The molecule has 0 spiro atoms. The van der Waals surface area contributed by atoms with E-state index in [-0.39, 0.29) is 5.91 Å². The minimum Gasteiger partial charge on any atom is -0.305 e. The Morgan fingerprint density at radius 2 is 2.00 bits per heavy atom. The first-order valence-electron chi connectivity index (χ1n) is 7.87. The van der Waals surface area contributed by atoms with Gasteiger partial charge in [-0.2, -0.15) is 5.10 Å². The lowest BCUT2D eigenvalue weighted by molar-refractivity contribution is 0.101. The standard InChI is InChI=1S/C18H19N5O/c1-3-23-15(11-13(2)22-23)18(24)21-16-9-10-19-17(20-16)12-14-7-5-4-6-8-14/h4-11H,3,12H2,1-2H3,(H,19,20,21,24). The van der Waals surface area contributed by atoms with Crippen molar-refractivity contribution >= 4 is 11.7 Å². The van der Waals surface area contributed by atoms with Crippen molar-refractivity contribution in [2.75, 3.05) is 5.32 Å². The molecule has 0 atom stereocenters. The predicted molar refractivity (Wildman–Crippen MR) is 91.9 cm³/mol. The van der Waals surface area contributed by atoms with Crippen molar-refractivity contribution in [3.05, 3.63) is 71.4 Å². The fraction of sp³-hybridized carbons (Fsp3) is 0.222. The smallest absolute Gasteiger partial charge is 0.275 e. The second-order valence-electron chi connectivity index (χ2n) is 5.46. The van der Waals surface area contributed by atoms with Gasteiger partial charge in [0.1, 0.15) is 17.3 Å². The van der Waals surface area contributed by atoms with Crippen LogP contribution in [0.5, 0.6) is 0 Å². The summed E-state index contributed by atoms with van der Waals surface area (Å²) < 4.78 is 1.68. The lowest BCUT2D eigenvalue weighted by atomic mass is 10.1. The lowest BCUT2D eigenvalue weighted by Crippen LogP contribution is -2.18. The van der Waals surface area contributed by atoms with Gasteiger partial charge in [-0.15, -0.1) is 0 Å². The van der Waals surface area contributed by atoms with Crippen LogP contribution in [0.15, 0.2) is 48.7 Å². The highest BCUT2D eigenvalue weighted by Gasteiger charge is 2.14. The summed E-state index contributed by atoms with van der Waals surface area (Å²) in [4.78, 5) is 21.1. The molecule has 0 radical (unpaired) electrons. The van der Waals surface area contributed by atoms with Crippen molar-refractivity contribution in [3.8, 4) is 0 Å². The normalized spacial score (nSPS) is 10.6. The van der Waals surface area contributed by atoms with Gasteiger partial charge in [-0.1, -0.05) is 30.3 Å². The van der Waals surface area contributed by atoms with E-state index in [1.807, 2.05) is 44.2 Å². The SMILES string of the molecule is CCn1nc(C)cc1C(=O)Nc1ccnc(Cc2ccccc2)n1. The van der Waals surface area contributed by atoms with Crippen molar-refractivity contribution in [1.82, 2.24) is 19.7 Å². The molecule has 0 aliphatic carbocycles. The Hall–Kier alpha value is -3.02. The number of carbonyl (C=O) groups excluding carboxylic acids is 1. The minimum atomic E-state index is -0.221. The predicted octanol–water partition coefficient (Wildman–Crippen LogP) is 2.84. The molecule has 0 bridgehead atoms. The Balaban J connectivity index is 1.75. The number of hydrogen-bond acceptors (Lipinski definition) is 4. The molecule has 6 nitrogen and oxygen atoms in total. The number of anilines is 1. The summed E-state index contributed by atoms with van der Waals surface area (Å²) in [7, 11) is 0. The van der Waals surface area contributed by atoms with Gasteiger partial charge in [0.2, 0.25) is 0 Å². The maximum Gasteiger partial charge on any atom is 0.275 e. The maximum absolute atomic E-state index is 12.4. The largest absolute Gasteiger partial charge is 0.305 e. The first-order chi connectivity index (χ1) is 11.7. The van der Waals surface area contributed by atoms with Gasteiger partial charge in [0.05, 0.1) is 5.69 Å². The Morgan fingerprint density at radius 3 is 2.75 bits per heavy atom. The number of nitrogens with zero attached hydrogens (tertiary/aromatic N) is 4. The van der Waals surface area contributed by atoms with Gasteiger partial charge in [0, 0.05) is 19.2 Å². The average molecular weight is 321 g/mol. The molecule has 6 heteroatoms.